The van der Waals surface area contributed by atoms with Crippen LogP contribution in [0.1, 0.15) is 28.2 Å². The molecule has 128 valence electrons. The van der Waals surface area contributed by atoms with E-state index in [-0.39, 0.29) is 5.91 Å². The van der Waals surface area contributed by atoms with Crippen molar-refractivity contribution in [1.82, 2.24) is 10.1 Å². The second kappa shape index (κ2) is 6.72. The first-order chi connectivity index (χ1) is 12.3. The minimum Gasteiger partial charge on any atom is -0.496 e. The lowest BCUT2D eigenvalue weighted by molar-refractivity contribution is 0.0731. The summed E-state index contributed by atoms with van der Waals surface area (Å²) in [5.74, 6) is 1.45. The molecule has 1 saturated carbocycles. The third-order valence-electron chi connectivity index (χ3n) is 4.24. The summed E-state index contributed by atoms with van der Waals surface area (Å²) >= 11 is 1.47. The molecule has 3 aromatic rings. The SMILES string of the molecule is COc1ccccc1-c1cc(CN(C(=O)c2cccs2)C2CC2)no1. The molecule has 0 bridgehead atoms. The van der Waals surface area contributed by atoms with E-state index in [4.69, 9.17) is 9.26 Å². The quantitative estimate of drug-likeness (QED) is 0.665. The van der Waals surface area contributed by atoms with E-state index in [1.807, 2.05) is 52.7 Å². The number of nitrogens with zero attached hydrogens (tertiary/aromatic N) is 2. The smallest absolute Gasteiger partial charge is 0.264 e. The molecule has 0 radical (unpaired) electrons. The fraction of sp³-hybridized carbons (Fsp3) is 0.263. The molecule has 1 aliphatic rings. The summed E-state index contributed by atoms with van der Waals surface area (Å²) in [5.41, 5.74) is 1.60. The molecule has 0 atom stereocenters. The second-order valence-corrected chi connectivity index (χ2v) is 6.97. The Hall–Kier alpha value is -2.60. The van der Waals surface area contributed by atoms with Crippen molar-refractivity contribution in [3.8, 4) is 17.1 Å². The first kappa shape index (κ1) is 15.9. The van der Waals surface area contributed by atoms with E-state index in [1.165, 1.54) is 11.3 Å². The van der Waals surface area contributed by atoms with Gasteiger partial charge in [0, 0.05) is 12.1 Å². The molecule has 5 nitrogen and oxygen atoms in total. The minimum absolute atomic E-state index is 0.0688. The van der Waals surface area contributed by atoms with Crippen LogP contribution in [0.25, 0.3) is 11.3 Å². The largest absolute Gasteiger partial charge is 0.496 e. The second-order valence-electron chi connectivity index (χ2n) is 6.02. The van der Waals surface area contributed by atoms with Crippen LogP contribution in [0.3, 0.4) is 0 Å². The van der Waals surface area contributed by atoms with Crippen molar-refractivity contribution >= 4 is 17.2 Å². The highest BCUT2D eigenvalue weighted by Gasteiger charge is 2.34. The van der Waals surface area contributed by atoms with E-state index in [0.717, 1.165) is 34.7 Å². The fourth-order valence-electron chi connectivity index (χ4n) is 2.83. The summed E-state index contributed by atoms with van der Waals surface area (Å²) in [6.45, 7) is 0.458. The van der Waals surface area contributed by atoms with Crippen LogP contribution < -0.4 is 4.74 Å². The van der Waals surface area contributed by atoms with E-state index in [0.29, 0.717) is 18.3 Å². The zero-order valence-electron chi connectivity index (χ0n) is 13.8. The molecule has 4 rings (SSSR count). The molecule has 25 heavy (non-hydrogen) atoms. The molecule has 1 amide bonds. The number of thiophene rings is 1. The highest BCUT2D eigenvalue weighted by Crippen LogP contribution is 2.33. The van der Waals surface area contributed by atoms with Crippen molar-refractivity contribution < 1.29 is 14.1 Å². The number of hydrogen-bond donors (Lipinski definition) is 0. The lowest BCUT2D eigenvalue weighted by atomic mass is 10.1. The van der Waals surface area contributed by atoms with Crippen LogP contribution in [-0.4, -0.2) is 29.1 Å². The molecule has 0 aliphatic heterocycles. The van der Waals surface area contributed by atoms with Crippen molar-refractivity contribution in [2.24, 2.45) is 0 Å². The van der Waals surface area contributed by atoms with Crippen LogP contribution in [0.4, 0.5) is 0 Å². The first-order valence-electron chi connectivity index (χ1n) is 8.19. The molecule has 0 spiro atoms. The first-order valence-corrected chi connectivity index (χ1v) is 9.07. The van der Waals surface area contributed by atoms with Gasteiger partial charge >= 0.3 is 0 Å². The van der Waals surface area contributed by atoms with Crippen molar-refractivity contribution in [2.75, 3.05) is 7.11 Å². The van der Waals surface area contributed by atoms with E-state index >= 15 is 0 Å². The third kappa shape index (κ3) is 3.30. The van der Waals surface area contributed by atoms with Gasteiger partial charge in [-0.2, -0.15) is 0 Å². The van der Waals surface area contributed by atoms with Gasteiger partial charge in [0.15, 0.2) is 5.76 Å². The molecule has 0 N–H and O–H groups in total. The van der Waals surface area contributed by atoms with Crippen LogP contribution in [0.2, 0.25) is 0 Å². The number of carbonyl (C=O) groups excluding carboxylic acids is 1. The van der Waals surface area contributed by atoms with Gasteiger partial charge in [0.2, 0.25) is 0 Å². The van der Waals surface area contributed by atoms with Gasteiger partial charge in [-0.1, -0.05) is 23.4 Å². The normalized spacial score (nSPS) is 13.6. The third-order valence-corrected chi connectivity index (χ3v) is 5.10. The number of amides is 1. The number of rotatable bonds is 6. The van der Waals surface area contributed by atoms with Crippen LogP contribution in [-0.2, 0) is 6.54 Å². The number of para-hydroxylation sites is 1. The summed E-state index contributed by atoms with van der Waals surface area (Å²) in [4.78, 5) is 15.4. The van der Waals surface area contributed by atoms with Gasteiger partial charge in [0.1, 0.15) is 11.4 Å². The number of benzene rings is 1. The molecule has 1 aliphatic carbocycles. The van der Waals surface area contributed by atoms with Crippen LogP contribution in [0.5, 0.6) is 5.75 Å². The number of carbonyl (C=O) groups is 1. The zero-order valence-corrected chi connectivity index (χ0v) is 14.7. The van der Waals surface area contributed by atoms with Crippen molar-refractivity contribution in [3.63, 3.8) is 0 Å². The summed E-state index contributed by atoms with van der Waals surface area (Å²) in [6.07, 6.45) is 2.10. The molecule has 2 heterocycles. The van der Waals surface area contributed by atoms with Crippen molar-refractivity contribution in [2.45, 2.75) is 25.4 Å². The van der Waals surface area contributed by atoms with Crippen LogP contribution in [0, 0.1) is 0 Å². The predicted octanol–water partition coefficient (Wildman–Crippen LogP) is 4.22. The van der Waals surface area contributed by atoms with Gasteiger partial charge in [0.05, 0.1) is 24.1 Å². The Morgan fingerprint density at radius 3 is 2.88 bits per heavy atom. The molecule has 0 unspecified atom stereocenters. The minimum atomic E-state index is 0.0688. The highest BCUT2D eigenvalue weighted by atomic mass is 32.1. The van der Waals surface area contributed by atoms with Crippen molar-refractivity contribution in [1.29, 1.82) is 0 Å². The average Bonchev–Trinajstić information content (AvgIpc) is 3.14. The Morgan fingerprint density at radius 1 is 1.32 bits per heavy atom. The van der Waals surface area contributed by atoms with Gasteiger partial charge < -0.3 is 14.2 Å². The van der Waals surface area contributed by atoms with Crippen LogP contribution in [0.15, 0.2) is 52.4 Å². The highest BCUT2D eigenvalue weighted by molar-refractivity contribution is 7.12. The van der Waals surface area contributed by atoms with E-state index in [2.05, 4.69) is 5.16 Å². The van der Waals surface area contributed by atoms with E-state index in [1.54, 1.807) is 7.11 Å². The number of ether oxygens (including phenoxy) is 1. The molecule has 6 heteroatoms. The average molecular weight is 354 g/mol. The standard InChI is InChI=1S/C19H18N2O3S/c1-23-16-6-3-2-5-15(16)17-11-13(20-24-17)12-21(14-8-9-14)19(22)18-7-4-10-25-18/h2-7,10-11,14H,8-9,12H2,1H3. The van der Waals surface area contributed by atoms with E-state index < -0.39 is 0 Å². The Labute approximate surface area is 149 Å². The summed E-state index contributed by atoms with van der Waals surface area (Å²) in [7, 11) is 1.63. The Balaban J connectivity index is 1.56. The van der Waals surface area contributed by atoms with Crippen molar-refractivity contribution in [3.05, 3.63) is 58.4 Å². The van der Waals surface area contributed by atoms with Crippen LogP contribution >= 0.6 is 11.3 Å². The Kier molecular flexibility index (Phi) is 4.28. The number of aromatic nitrogens is 1. The summed E-state index contributed by atoms with van der Waals surface area (Å²) in [6, 6.07) is 13.6. The molecular weight excluding hydrogens is 336 g/mol. The lowest BCUT2D eigenvalue weighted by Crippen LogP contribution is -2.32. The molecule has 1 fully saturated rings. The maximum Gasteiger partial charge on any atom is 0.264 e. The summed E-state index contributed by atoms with van der Waals surface area (Å²) < 4.78 is 10.9. The Bertz CT molecular complexity index is 868. The van der Waals surface area contributed by atoms with Gasteiger partial charge in [-0.25, -0.2) is 0 Å². The van der Waals surface area contributed by atoms with Gasteiger partial charge in [-0.05, 0) is 36.4 Å². The zero-order chi connectivity index (χ0) is 17.2. The van der Waals surface area contributed by atoms with Gasteiger partial charge in [-0.3, -0.25) is 4.79 Å². The van der Waals surface area contributed by atoms with Gasteiger partial charge in [0.25, 0.3) is 5.91 Å². The monoisotopic (exact) mass is 354 g/mol. The van der Waals surface area contributed by atoms with Gasteiger partial charge in [-0.15, -0.1) is 11.3 Å². The predicted molar refractivity (Wildman–Crippen MR) is 95.7 cm³/mol. The molecule has 0 saturated heterocycles. The fourth-order valence-corrected chi connectivity index (χ4v) is 3.51. The molecular formula is C19H18N2O3S. The maximum absolute atomic E-state index is 12.7. The topological polar surface area (TPSA) is 55.6 Å². The number of methoxy groups -OCH3 is 1. The number of hydrogen-bond acceptors (Lipinski definition) is 5. The summed E-state index contributed by atoms with van der Waals surface area (Å²) in [5, 5.41) is 6.09. The molecule has 2 aromatic heterocycles. The maximum atomic E-state index is 12.7. The lowest BCUT2D eigenvalue weighted by Gasteiger charge is -2.20. The molecule has 1 aromatic carbocycles. The Morgan fingerprint density at radius 2 is 2.16 bits per heavy atom. The van der Waals surface area contributed by atoms with E-state index in [9.17, 15) is 4.79 Å².